The number of benzene rings is 1. The fourth-order valence-corrected chi connectivity index (χ4v) is 1.85. The van der Waals surface area contributed by atoms with Gasteiger partial charge in [0.25, 0.3) is 5.91 Å². The van der Waals surface area contributed by atoms with Gasteiger partial charge in [-0.2, -0.15) is 11.3 Å². The number of carbonyl (C=O) groups is 1. The zero-order valence-corrected chi connectivity index (χ0v) is 9.15. The van der Waals surface area contributed by atoms with Crippen LogP contribution in [0.5, 0.6) is 0 Å². The van der Waals surface area contributed by atoms with Crippen molar-refractivity contribution in [1.82, 2.24) is 0 Å². The van der Waals surface area contributed by atoms with Gasteiger partial charge >= 0.3 is 0 Å². The lowest BCUT2D eigenvalue weighted by Gasteiger charge is -2.06. The summed E-state index contributed by atoms with van der Waals surface area (Å²) in [4.78, 5) is 11.5. The molecule has 0 spiro atoms. The van der Waals surface area contributed by atoms with Crippen molar-refractivity contribution >= 4 is 22.9 Å². The first kappa shape index (κ1) is 11.7. The van der Waals surface area contributed by atoms with Crippen LogP contribution in [-0.4, -0.2) is 5.91 Å². The molecule has 88 valence electrons. The highest BCUT2D eigenvalue weighted by atomic mass is 32.1. The van der Waals surface area contributed by atoms with E-state index < -0.39 is 23.4 Å². The van der Waals surface area contributed by atoms with E-state index in [1.165, 1.54) is 17.4 Å². The number of rotatable bonds is 2. The first-order chi connectivity index (χ1) is 8.09. The monoisotopic (exact) mass is 257 g/mol. The Labute approximate surface area is 98.7 Å². The normalized spacial score (nSPS) is 10.3. The second kappa shape index (κ2) is 4.58. The standard InChI is InChI=1S/C11H6F3NOS/c12-7-1-2-8(10(14)9(7)13)15-11(16)6-3-4-17-5-6/h1-5H,(H,15,16). The minimum atomic E-state index is -1.60. The molecule has 1 N–H and O–H groups in total. The lowest BCUT2D eigenvalue weighted by molar-refractivity contribution is 0.102. The minimum Gasteiger partial charge on any atom is -0.319 e. The number of hydrogen-bond acceptors (Lipinski definition) is 2. The highest BCUT2D eigenvalue weighted by Crippen LogP contribution is 2.20. The van der Waals surface area contributed by atoms with Gasteiger partial charge in [0.05, 0.1) is 11.3 Å². The molecule has 1 aromatic carbocycles. The SMILES string of the molecule is O=C(Nc1ccc(F)c(F)c1F)c1ccsc1. The van der Waals surface area contributed by atoms with Crippen LogP contribution in [0.2, 0.25) is 0 Å². The topological polar surface area (TPSA) is 29.1 Å². The summed E-state index contributed by atoms with van der Waals surface area (Å²) in [7, 11) is 0. The Bertz CT molecular complexity index is 554. The predicted molar refractivity (Wildman–Crippen MR) is 58.6 cm³/mol. The van der Waals surface area contributed by atoms with Gasteiger partial charge in [0.15, 0.2) is 17.5 Å². The summed E-state index contributed by atoms with van der Waals surface area (Å²) in [5.41, 5.74) is -0.0563. The first-order valence-electron chi connectivity index (χ1n) is 4.56. The molecule has 0 saturated carbocycles. The van der Waals surface area contributed by atoms with Gasteiger partial charge < -0.3 is 5.32 Å². The van der Waals surface area contributed by atoms with Gasteiger partial charge in [0.2, 0.25) is 0 Å². The summed E-state index contributed by atoms with van der Waals surface area (Å²) in [6.45, 7) is 0. The molecule has 1 aromatic heterocycles. The van der Waals surface area contributed by atoms with Gasteiger partial charge in [-0.1, -0.05) is 0 Å². The van der Waals surface area contributed by atoms with E-state index in [2.05, 4.69) is 5.32 Å². The van der Waals surface area contributed by atoms with Crippen LogP contribution in [0, 0.1) is 17.5 Å². The van der Waals surface area contributed by atoms with E-state index in [1.807, 2.05) is 0 Å². The predicted octanol–water partition coefficient (Wildman–Crippen LogP) is 3.42. The number of halogens is 3. The second-order valence-electron chi connectivity index (χ2n) is 3.19. The summed E-state index contributed by atoms with van der Waals surface area (Å²) in [5, 5.41) is 5.41. The van der Waals surface area contributed by atoms with E-state index >= 15 is 0 Å². The second-order valence-corrected chi connectivity index (χ2v) is 3.97. The van der Waals surface area contributed by atoms with Gasteiger partial charge in [0.1, 0.15) is 0 Å². The lowest BCUT2D eigenvalue weighted by atomic mass is 10.2. The Morgan fingerprint density at radius 2 is 1.88 bits per heavy atom. The summed E-state index contributed by atoms with van der Waals surface area (Å²) in [6, 6.07) is 3.26. The number of nitrogens with one attached hydrogen (secondary N) is 1. The molecule has 0 unspecified atom stereocenters. The molecule has 0 bridgehead atoms. The molecule has 17 heavy (non-hydrogen) atoms. The van der Waals surface area contributed by atoms with Crippen molar-refractivity contribution in [3.63, 3.8) is 0 Å². The molecule has 0 radical (unpaired) electrons. The summed E-state index contributed by atoms with van der Waals surface area (Å²) < 4.78 is 38.8. The van der Waals surface area contributed by atoms with Crippen LogP contribution in [0.1, 0.15) is 10.4 Å². The maximum absolute atomic E-state index is 13.2. The van der Waals surface area contributed by atoms with Gasteiger partial charge in [-0.25, -0.2) is 13.2 Å². The van der Waals surface area contributed by atoms with Crippen molar-refractivity contribution in [3.8, 4) is 0 Å². The molecule has 6 heteroatoms. The highest BCUT2D eigenvalue weighted by molar-refractivity contribution is 7.08. The van der Waals surface area contributed by atoms with Crippen LogP contribution in [0.4, 0.5) is 18.9 Å². The molecule has 1 amide bonds. The number of thiophene rings is 1. The quantitative estimate of drug-likeness (QED) is 0.820. The molecule has 2 aromatic rings. The van der Waals surface area contributed by atoms with Crippen LogP contribution in [-0.2, 0) is 0 Å². The molecule has 0 saturated heterocycles. The molecular weight excluding hydrogens is 251 g/mol. The van der Waals surface area contributed by atoms with Crippen LogP contribution < -0.4 is 5.32 Å². The summed E-state index contributed by atoms with van der Waals surface area (Å²) in [5.74, 6) is -4.88. The van der Waals surface area contributed by atoms with E-state index in [0.29, 0.717) is 5.56 Å². The molecule has 0 aliphatic heterocycles. The molecule has 0 fully saturated rings. The first-order valence-corrected chi connectivity index (χ1v) is 5.51. The molecular formula is C11H6F3NOS. The Kier molecular flexibility index (Phi) is 3.14. The third kappa shape index (κ3) is 2.31. The molecule has 1 heterocycles. The zero-order valence-electron chi connectivity index (χ0n) is 8.34. The Hall–Kier alpha value is -1.82. The smallest absolute Gasteiger partial charge is 0.256 e. The average Bonchev–Trinajstić information content (AvgIpc) is 2.83. The van der Waals surface area contributed by atoms with Gasteiger partial charge in [-0.15, -0.1) is 0 Å². The fourth-order valence-electron chi connectivity index (χ4n) is 1.21. The van der Waals surface area contributed by atoms with Crippen molar-refractivity contribution < 1.29 is 18.0 Å². The van der Waals surface area contributed by atoms with Crippen LogP contribution in [0.15, 0.2) is 29.0 Å². The number of hydrogen-bond donors (Lipinski definition) is 1. The summed E-state index contributed by atoms with van der Waals surface area (Å²) in [6.07, 6.45) is 0. The molecule has 0 aliphatic rings. The molecule has 2 rings (SSSR count). The molecule has 0 aliphatic carbocycles. The Morgan fingerprint density at radius 3 is 2.53 bits per heavy atom. The van der Waals surface area contributed by atoms with E-state index in [-0.39, 0.29) is 5.69 Å². The minimum absolute atomic E-state index is 0.333. The van der Waals surface area contributed by atoms with Gasteiger partial charge in [-0.3, -0.25) is 4.79 Å². The van der Waals surface area contributed by atoms with Crippen molar-refractivity contribution in [3.05, 3.63) is 52.0 Å². The average molecular weight is 257 g/mol. The zero-order chi connectivity index (χ0) is 12.4. The Balaban J connectivity index is 2.25. The largest absolute Gasteiger partial charge is 0.319 e. The van der Waals surface area contributed by atoms with Crippen molar-refractivity contribution in [2.75, 3.05) is 5.32 Å². The third-order valence-electron chi connectivity index (χ3n) is 2.07. The summed E-state index contributed by atoms with van der Waals surface area (Å²) >= 11 is 1.30. The number of anilines is 1. The van der Waals surface area contributed by atoms with Crippen LogP contribution >= 0.6 is 11.3 Å². The third-order valence-corrected chi connectivity index (χ3v) is 2.75. The lowest BCUT2D eigenvalue weighted by Crippen LogP contribution is -2.13. The highest BCUT2D eigenvalue weighted by Gasteiger charge is 2.15. The number of carbonyl (C=O) groups excluding carboxylic acids is 1. The van der Waals surface area contributed by atoms with E-state index in [0.717, 1.165) is 12.1 Å². The van der Waals surface area contributed by atoms with Crippen molar-refractivity contribution in [2.45, 2.75) is 0 Å². The maximum atomic E-state index is 13.2. The van der Waals surface area contributed by atoms with E-state index in [1.54, 1.807) is 10.8 Å². The van der Waals surface area contributed by atoms with E-state index in [4.69, 9.17) is 0 Å². The van der Waals surface area contributed by atoms with E-state index in [9.17, 15) is 18.0 Å². The number of amides is 1. The van der Waals surface area contributed by atoms with Crippen molar-refractivity contribution in [2.24, 2.45) is 0 Å². The van der Waals surface area contributed by atoms with Crippen molar-refractivity contribution in [1.29, 1.82) is 0 Å². The van der Waals surface area contributed by atoms with Crippen LogP contribution in [0.3, 0.4) is 0 Å². The maximum Gasteiger partial charge on any atom is 0.256 e. The molecule has 2 nitrogen and oxygen atoms in total. The Morgan fingerprint density at radius 1 is 1.12 bits per heavy atom. The molecule has 0 atom stereocenters. The van der Waals surface area contributed by atoms with Gasteiger partial charge in [0, 0.05) is 5.38 Å². The fraction of sp³-hybridized carbons (Fsp3) is 0. The van der Waals surface area contributed by atoms with Gasteiger partial charge in [-0.05, 0) is 23.6 Å². The van der Waals surface area contributed by atoms with Crippen LogP contribution in [0.25, 0.3) is 0 Å².